The van der Waals surface area contributed by atoms with Gasteiger partial charge in [-0.05, 0) is 31.2 Å². The zero-order valence-electron chi connectivity index (χ0n) is 13.1. The number of carbonyl (C=O) groups is 1. The van der Waals surface area contributed by atoms with Gasteiger partial charge in [-0.2, -0.15) is 5.10 Å². The molecule has 1 aromatic heterocycles. The summed E-state index contributed by atoms with van der Waals surface area (Å²) in [5, 5.41) is 4.65. The van der Waals surface area contributed by atoms with Crippen LogP contribution in [0, 0.1) is 5.92 Å². The van der Waals surface area contributed by atoms with Crippen LogP contribution in [0.1, 0.15) is 82.4 Å². The number of Topliss-reactive ketones (excluding diaryl/α,β-unsaturated/α-hetero) is 1. The number of rotatable bonds is 6. The molecule has 1 aromatic rings. The van der Waals surface area contributed by atoms with E-state index in [1.807, 2.05) is 6.07 Å². The van der Waals surface area contributed by atoms with E-state index in [-0.39, 0.29) is 0 Å². The Morgan fingerprint density at radius 3 is 2.57 bits per heavy atom. The van der Waals surface area contributed by atoms with Crippen molar-refractivity contribution in [2.45, 2.75) is 83.1 Å². The first-order valence-electron chi connectivity index (χ1n) is 8.87. The Balaban J connectivity index is 1.45. The SMILES string of the molecule is O=C(CCC1CCCC1)Cc1ccn(C2CCCCC2)n1. The Bertz CT molecular complexity index is 454. The van der Waals surface area contributed by atoms with E-state index in [0.29, 0.717) is 18.2 Å². The summed E-state index contributed by atoms with van der Waals surface area (Å²) in [6, 6.07) is 2.61. The Morgan fingerprint density at radius 2 is 1.81 bits per heavy atom. The second-order valence-electron chi connectivity index (χ2n) is 6.98. The quantitative estimate of drug-likeness (QED) is 0.774. The maximum Gasteiger partial charge on any atom is 0.138 e. The molecule has 0 unspecified atom stereocenters. The lowest BCUT2D eigenvalue weighted by Crippen LogP contribution is -2.14. The van der Waals surface area contributed by atoms with Crippen LogP contribution in [0.4, 0.5) is 0 Å². The predicted molar refractivity (Wildman–Crippen MR) is 84.3 cm³/mol. The van der Waals surface area contributed by atoms with Gasteiger partial charge in [0.1, 0.15) is 5.78 Å². The highest BCUT2D eigenvalue weighted by atomic mass is 16.1. The number of hydrogen-bond acceptors (Lipinski definition) is 2. The summed E-state index contributed by atoms with van der Waals surface area (Å²) in [5.41, 5.74) is 0.969. The zero-order chi connectivity index (χ0) is 14.5. The summed E-state index contributed by atoms with van der Waals surface area (Å²) >= 11 is 0. The van der Waals surface area contributed by atoms with E-state index < -0.39 is 0 Å². The minimum atomic E-state index is 0.371. The molecule has 0 N–H and O–H groups in total. The zero-order valence-corrected chi connectivity index (χ0v) is 13.1. The van der Waals surface area contributed by atoms with Gasteiger partial charge in [0.15, 0.2) is 0 Å². The van der Waals surface area contributed by atoms with E-state index >= 15 is 0 Å². The molecular formula is C18H28N2O. The summed E-state index contributed by atoms with van der Waals surface area (Å²) in [5.74, 6) is 1.18. The van der Waals surface area contributed by atoms with Crippen molar-refractivity contribution in [3.05, 3.63) is 18.0 Å². The average molecular weight is 288 g/mol. The van der Waals surface area contributed by atoms with Crippen LogP contribution in [0.5, 0.6) is 0 Å². The molecule has 0 radical (unpaired) electrons. The van der Waals surface area contributed by atoms with Gasteiger partial charge in [-0.3, -0.25) is 9.48 Å². The maximum atomic E-state index is 12.1. The Kier molecular flexibility index (Phi) is 5.10. The summed E-state index contributed by atoms with van der Waals surface area (Å²) < 4.78 is 2.11. The van der Waals surface area contributed by atoms with Crippen molar-refractivity contribution in [2.24, 2.45) is 5.92 Å². The largest absolute Gasteiger partial charge is 0.299 e. The van der Waals surface area contributed by atoms with Gasteiger partial charge < -0.3 is 0 Å². The van der Waals surface area contributed by atoms with Crippen molar-refractivity contribution in [2.75, 3.05) is 0 Å². The van der Waals surface area contributed by atoms with Crippen LogP contribution in [0.25, 0.3) is 0 Å². The molecular weight excluding hydrogens is 260 g/mol. The van der Waals surface area contributed by atoms with Crippen LogP contribution >= 0.6 is 0 Å². The summed E-state index contributed by atoms with van der Waals surface area (Å²) in [6.07, 6.45) is 16.4. The van der Waals surface area contributed by atoms with Crippen molar-refractivity contribution < 1.29 is 4.79 Å². The second-order valence-corrected chi connectivity index (χ2v) is 6.98. The summed E-state index contributed by atoms with van der Waals surface area (Å²) in [4.78, 5) is 12.1. The molecule has 0 saturated heterocycles. The molecule has 2 fully saturated rings. The molecule has 0 aliphatic heterocycles. The molecule has 0 atom stereocenters. The van der Waals surface area contributed by atoms with E-state index in [0.717, 1.165) is 24.5 Å². The van der Waals surface area contributed by atoms with E-state index in [9.17, 15) is 4.79 Å². The van der Waals surface area contributed by atoms with E-state index in [1.54, 1.807) is 0 Å². The molecule has 2 saturated carbocycles. The fraction of sp³-hybridized carbons (Fsp3) is 0.778. The molecule has 21 heavy (non-hydrogen) atoms. The third kappa shape index (κ3) is 4.18. The molecule has 0 amide bonds. The van der Waals surface area contributed by atoms with E-state index in [2.05, 4.69) is 16.0 Å². The lowest BCUT2D eigenvalue weighted by atomic mass is 9.96. The average Bonchev–Trinajstić information content (AvgIpc) is 3.17. The van der Waals surface area contributed by atoms with Gasteiger partial charge >= 0.3 is 0 Å². The van der Waals surface area contributed by atoms with Gasteiger partial charge in [-0.25, -0.2) is 0 Å². The van der Waals surface area contributed by atoms with Crippen LogP contribution in [-0.4, -0.2) is 15.6 Å². The van der Waals surface area contributed by atoms with Gasteiger partial charge in [0, 0.05) is 12.6 Å². The van der Waals surface area contributed by atoms with Gasteiger partial charge in [-0.15, -0.1) is 0 Å². The van der Waals surface area contributed by atoms with Crippen molar-refractivity contribution in [3.8, 4) is 0 Å². The number of nitrogens with zero attached hydrogens (tertiary/aromatic N) is 2. The molecule has 1 heterocycles. The first-order chi connectivity index (χ1) is 10.3. The van der Waals surface area contributed by atoms with Crippen LogP contribution in [0.15, 0.2) is 12.3 Å². The Morgan fingerprint density at radius 1 is 1.10 bits per heavy atom. The minimum Gasteiger partial charge on any atom is -0.299 e. The first kappa shape index (κ1) is 14.8. The van der Waals surface area contributed by atoms with Crippen molar-refractivity contribution in [3.63, 3.8) is 0 Å². The minimum absolute atomic E-state index is 0.371. The lowest BCUT2D eigenvalue weighted by molar-refractivity contribution is -0.118. The monoisotopic (exact) mass is 288 g/mol. The van der Waals surface area contributed by atoms with Crippen molar-refractivity contribution in [1.29, 1.82) is 0 Å². The molecule has 2 aliphatic carbocycles. The summed E-state index contributed by atoms with van der Waals surface area (Å²) in [6.45, 7) is 0. The fourth-order valence-corrected chi connectivity index (χ4v) is 3.98. The molecule has 0 bridgehead atoms. The number of aromatic nitrogens is 2. The maximum absolute atomic E-state index is 12.1. The van der Waals surface area contributed by atoms with E-state index in [1.165, 1.54) is 57.8 Å². The van der Waals surface area contributed by atoms with Gasteiger partial charge in [0.25, 0.3) is 0 Å². The topological polar surface area (TPSA) is 34.9 Å². The normalized spacial score (nSPS) is 21.0. The molecule has 0 aromatic carbocycles. The van der Waals surface area contributed by atoms with Crippen molar-refractivity contribution >= 4 is 5.78 Å². The van der Waals surface area contributed by atoms with E-state index in [4.69, 9.17) is 0 Å². The van der Waals surface area contributed by atoms with Crippen molar-refractivity contribution in [1.82, 2.24) is 9.78 Å². The second kappa shape index (κ2) is 7.24. The lowest BCUT2D eigenvalue weighted by Gasteiger charge is -2.21. The molecule has 3 nitrogen and oxygen atoms in total. The van der Waals surface area contributed by atoms with Gasteiger partial charge in [0.05, 0.1) is 18.2 Å². The highest BCUT2D eigenvalue weighted by Gasteiger charge is 2.18. The standard InChI is InChI=1S/C18H28N2O/c21-18(11-10-15-6-4-5-7-15)14-16-12-13-20(19-16)17-8-2-1-3-9-17/h12-13,15,17H,1-11,14H2. The third-order valence-corrected chi connectivity index (χ3v) is 5.30. The Labute approximate surface area is 128 Å². The predicted octanol–water partition coefficient (Wildman–Crippen LogP) is 4.47. The molecule has 2 aliphatic rings. The van der Waals surface area contributed by atoms with Crippen LogP contribution < -0.4 is 0 Å². The number of hydrogen-bond donors (Lipinski definition) is 0. The molecule has 3 rings (SSSR count). The fourth-order valence-electron chi connectivity index (χ4n) is 3.98. The highest BCUT2D eigenvalue weighted by molar-refractivity contribution is 5.80. The van der Waals surface area contributed by atoms with Gasteiger partial charge in [0.2, 0.25) is 0 Å². The summed E-state index contributed by atoms with van der Waals surface area (Å²) in [7, 11) is 0. The highest BCUT2D eigenvalue weighted by Crippen LogP contribution is 2.29. The van der Waals surface area contributed by atoms with Gasteiger partial charge in [-0.1, -0.05) is 44.9 Å². The Hall–Kier alpha value is -1.12. The molecule has 3 heteroatoms. The first-order valence-corrected chi connectivity index (χ1v) is 8.87. The van der Waals surface area contributed by atoms with Crippen LogP contribution in [-0.2, 0) is 11.2 Å². The third-order valence-electron chi connectivity index (χ3n) is 5.30. The van der Waals surface area contributed by atoms with Crippen LogP contribution in [0.3, 0.4) is 0 Å². The molecule has 116 valence electrons. The number of ketones is 1. The van der Waals surface area contributed by atoms with Crippen LogP contribution in [0.2, 0.25) is 0 Å². The molecule has 0 spiro atoms. The number of carbonyl (C=O) groups excluding carboxylic acids is 1. The smallest absolute Gasteiger partial charge is 0.138 e.